The van der Waals surface area contributed by atoms with Gasteiger partial charge in [0.1, 0.15) is 5.75 Å². The number of nitrogens with zero attached hydrogens (tertiary/aromatic N) is 3. The minimum Gasteiger partial charge on any atom is -0.424 e. The first-order chi connectivity index (χ1) is 14.9. The number of hydrogen-bond donors (Lipinski definition) is 0. The zero-order valence-electron chi connectivity index (χ0n) is 19.6. The van der Waals surface area contributed by atoms with E-state index in [1.165, 1.54) is 4.57 Å². The first-order valence-corrected chi connectivity index (χ1v) is 12.1. The lowest BCUT2D eigenvalue weighted by Crippen LogP contribution is -2.19. The lowest BCUT2D eigenvalue weighted by atomic mass is 10.1. The molecule has 0 N–H and O–H groups in total. The monoisotopic (exact) mass is 455 g/mol. The maximum atomic E-state index is 12.7. The molecule has 3 aromatic rings. The van der Waals surface area contributed by atoms with Crippen LogP contribution in [-0.2, 0) is 22.6 Å². The smallest absolute Gasteiger partial charge is 0.322 e. The van der Waals surface area contributed by atoms with E-state index in [1.807, 2.05) is 32.0 Å². The van der Waals surface area contributed by atoms with E-state index in [2.05, 4.69) is 9.97 Å². The van der Waals surface area contributed by atoms with Gasteiger partial charge in [-0.2, -0.15) is 9.97 Å². The number of aryl methyl sites for hydroxylation is 4. The summed E-state index contributed by atoms with van der Waals surface area (Å²) in [7, 11) is -1.73. The summed E-state index contributed by atoms with van der Waals surface area (Å²) in [6, 6.07) is 7.62. The van der Waals surface area contributed by atoms with Crippen molar-refractivity contribution >= 4 is 9.84 Å². The van der Waals surface area contributed by atoms with Crippen LogP contribution in [0.5, 0.6) is 11.8 Å². The molecule has 0 aliphatic heterocycles. The van der Waals surface area contributed by atoms with Crippen LogP contribution < -0.4 is 10.3 Å². The van der Waals surface area contributed by atoms with Crippen molar-refractivity contribution < 1.29 is 13.2 Å². The minimum absolute atomic E-state index is 0.0727. The second-order valence-electron chi connectivity index (χ2n) is 8.43. The van der Waals surface area contributed by atoms with Gasteiger partial charge in [0, 0.05) is 24.4 Å². The molecule has 2 heterocycles. The highest BCUT2D eigenvalue weighted by Gasteiger charge is 2.23. The fourth-order valence-corrected chi connectivity index (χ4v) is 4.42. The van der Waals surface area contributed by atoms with Gasteiger partial charge in [-0.15, -0.1) is 0 Å². The normalized spacial score (nSPS) is 11.8. The summed E-state index contributed by atoms with van der Waals surface area (Å²) in [6.07, 6.45) is 1.69. The molecule has 0 aliphatic carbocycles. The molecule has 1 aromatic carbocycles. The van der Waals surface area contributed by atoms with Crippen molar-refractivity contribution in [3.05, 3.63) is 68.8 Å². The molecule has 0 spiro atoms. The van der Waals surface area contributed by atoms with E-state index in [-0.39, 0.29) is 17.3 Å². The molecule has 0 aliphatic rings. The van der Waals surface area contributed by atoms with Crippen LogP contribution in [0.1, 0.15) is 41.8 Å². The topological polar surface area (TPSA) is 91.1 Å². The number of para-hydroxylation sites is 1. The number of benzene rings is 1. The van der Waals surface area contributed by atoms with E-state index in [9.17, 15) is 13.2 Å². The standard InChI is InChI=1S/C24H29N3O4S/c1-14(2)32(29,30)13-20-18(6)21(19-11-17(5)23(28)27(7)12-19)26-24(25-20)31-22-15(3)9-8-10-16(22)4/h8-12,14H,13H2,1-7H3. The molecule has 0 unspecified atom stereocenters. The molecule has 0 radical (unpaired) electrons. The van der Waals surface area contributed by atoms with Gasteiger partial charge in [-0.05, 0) is 64.3 Å². The Labute approximate surface area is 189 Å². The van der Waals surface area contributed by atoms with Crippen molar-refractivity contribution in [1.82, 2.24) is 14.5 Å². The summed E-state index contributed by atoms with van der Waals surface area (Å²) in [5.74, 6) is 0.413. The number of sulfone groups is 1. The average Bonchev–Trinajstić information content (AvgIpc) is 2.70. The van der Waals surface area contributed by atoms with Gasteiger partial charge < -0.3 is 9.30 Å². The summed E-state index contributed by atoms with van der Waals surface area (Å²) in [4.78, 5) is 21.3. The summed E-state index contributed by atoms with van der Waals surface area (Å²) in [5.41, 5.74) is 4.56. The molecule has 2 aromatic heterocycles. The molecular formula is C24H29N3O4S. The first-order valence-electron chi connectivity index (χ1n) is 10.4. The molecule has 0 fully saturated rings. The maximum absolute atomic E-state index is 12.7. The largest absolute Gasteiger partial charge is 0.424 e. The summed E-state index contributed by atoms with van der Waals surface area (Å²) >= 11 is 0. The zero-order valence-corrected chi connectivity index (χ0v) is 20.4. The predicted octanol–water partition coefficient (Wildman–Crippen LogP) is 4.19. The average molecular weight is 456 g/mol. The molecule has 32 heavy (non-hydrogen) atoms. The third-order valence-corrected chi connectivity index (χ3v) is 7.63. The molecular weight excluding hydrogens is 426 g/mol. The Balaban J connectivity index is 2.23. The Morgan fingerprint density at radius 3 is 2.22 bits per heavy atom. The van der Waals surface area contributed by atoms with Gasteiger partial charge in [0.2, 0.25) is 0 Å². The predicted molar refractivity (Wildman–Crippen MR) is 126 cm³/mol. The number of hydrogen-bond acceptors (Lipinski definition) is 6. The first kappa shape index (κ1) is 23.7. The van der Waals surface area contributed by atoms with Crippen LogP contribution in [0.4, 0.5) is 0 Å². The molecule has 0 saturated heterocycles. The molecule has 170 valence electrons. The van der Waals surface area contributed by atoms with E-state index in [0.29, 0.717) is 33.8 Å². The highest BCUT2D eigenvalue weighted by atomic mass is 32.2. The fourth-order valence-electron chi connectivity index (χ4n) is 3.42. The van der Waals surface area contributed by atoms with Gasteiger partial charge in [-0.25, -0.2) is 8.42 Å². The van der Waals surface area contributed by atoms with Crippen molar-refractivity contribution in [3.63, 3.8) is 0 Å². The van der Waals surface area contributed by atoms with Crippen LogP contribution in [0, 0.1) is 27.7 Å². The Morgan fingerprint density at radius 1 is 1.03 bits per heavy atom. The summed E-state index contributed by atoms with van der Waals surface area (Å²) in [6.45, 7) is 10.7. The van der Waals surface area contributed by atoms with Crippen LogP contribution in [0.25, 0.3) is 11.3 Å². The van der Waals surface area contributed by atoms with E-state index in [1.54, 1.807) is 47.0 Å². The Morgan fingerprint density at radius 2 is 1.66 bits per heavy atom. The van der Waals surface area contributed by atoms with Crippen molar-refractivity contribution in [1.29, 1.82) is 0 Å². The van der Waals surface area contributed by atoms with Crippen LogP contribution in [0.3, 0.4) is 0 Å². The van der Waals surface area contributed by atoms with Crippen LogP contribution in [0.2, 0.25) is 0 Å². The summed E-state index contributed by atoms with van der Waals surface area (Å²) < 4.78 is 32.9. The molecule has 0 atom stereocenters. The molecule has 0 bridgehead atoms. The number of pyridine rings is 1. The van der Waals surface area contributed by atoms with Crippen LogP contribution in [-0.4, -0.2) is 28.2 Å². The zero-order chi connectivity index (χ0) is 23.8. The molecule has 8 heteroatoms. The van der Waals surface area contributed by atoms with Crippen molar-refractivity contribution in [2.24, 2.45) is 7.05 Å². The van der Waals surface area contributed by atoms with Gasteiger partial charge >= 0.3 is 6.01 Å². The van der Waals surface area contributed by atoms with Gasteiger partial charge in [0.15, 0.2) is 9.84 Å². The van der Waals surface area contributed by atoms with Crippen LogP contribution in [0.15, 0.2) is 35.3 Å². The summed E-state index contributed by atoms with van der Waals surface area (Å²) in [5, 5.41) is -0.539. The molecule has 3 rings (SSSR count). The van der Waals surface area contributed by atoms with E-state index < -0.39 is 15.1 Å². The second-order valence-corrected chi connectivity index (χ2v) is 11.0. The third-order valence-electron chi connectivity index (χ3n) is 5.52. The lowest BCUT2D eigenvalue weighted by molar-refractivity contribution is 0.434. The van der Waals surface area contributed by atoms with Gasteiger partial charge in [-0.1, -0.05) is 18.2 Å². The Hall–Kier alpha value is -3.00. The number of ether oxygens (including phenoxy) is 1. The highest BCUT2D eigenvalue weighted by molar-refractivity contribution is 7.91. The van der Waals surface area contributed by atoms with Crippen molar-refractivity contribution in [3.8, 4) is 23.0 Å². The fraction of sp³-hybridized carbons (Fsp3) is 0.375. The van der Waals surface area contributed by atoms with E-state index >= 15 is 0 Å². The number of rotatable bonds is 6. The molecule has 0 saturated carbocycles. The third kappa shape index (κ3) is 4.75. The minimum atomic E-state index is -3.40. The number of aromatic nitrogens is 3. The van der Waals surface area contributed by atoms with Crippen molar-refractivity contribution in [2.75, 3.05) is 0 Å². The molecule has 7 nitrogen and oxygen atoms in total. The second kappa shape index (κ2) is 8.86. The SMILES string of the molecule is Cc1cccc(C)c1Oc1nc(CS(=O)(=O)C(C)C)c(C)c(-c2cc(C)c(=O)n(C)c2)n1. The van der Waals surface area contributed by atoms with Gasteiger partial charge in [0.05, 0.1) is 22.4 Å². The van der Waals surface area contributed by atoms with Gasteiger partial charge in [0.25, 0.3) is 5.56 Å². The van der Waals surface area contributed by atoms with Crippen LogP contribution >= 0.6 is 0 Å². The van der Waals surface area contributed by atoms with E-state index in [4.69, 9.17) is 4.74 Å². The Bertz CT molecular complexity index is 1300. The maximum Gasteiger partial charge on any atom is 0.322 e. The quantitative estimate of drug-likeness (QED) is 0.553. The lowest BCUT2D eigenvalue weighted by Gasteiger charge is -2.16. The van der Waals surface area contributed by atoms with E-state index in [0.717, 1.165) is 11.1 Å². The Kier molecular flexibility index (Phi) is 6.55. The van der Waals surface area contributed by atoms with Gasteiger partial charge in [-0.3, -0.25) is 4.79 Å². The highest BCUT2D eigenvalue weighted by Crippen LogP contribution is 2.31. The molecule has 0 amide bonds. The van der Waals surface area contributed by atoms with Crippen molar-refractivity contribution in [2.45, 2.75) is 52.5 Å².